The lowest BCUT2D eigenvalue weighted by Crippen LogP contribution is -2.48. The molecule has 2 amide bonds. The van der Waals surface area contributed by atoms with E-state index in [0.29, 0.717) is 5.92 Å². The smallest absolute Gasteiger partial charge is 0.321 e. The number of hydrogen-bond donors (Lipinski definition) is 1. The van der Waals surface area contributed by atoms with Gasteiger partial charge in [0.25, 0.3) is 0 Å². The van der Waals surface area contributed by atoms with E-state index in [1.807, 2.05) is 17.0 Å². The third kappa shape index (κ3) is 3.70. The molecule has 4 heteroatoms. The molecule has 4 nitrogen and oxygen atoms in total. The Morgan fingerprint density at radius 3 is 2.53 bits per heavy atom. The van der Waals surface area contributed by atoms with Crippen LogP contribution >= 0.6 is 0 Å². The number of likely N-dealkylation sites (N-methyl/N-ethyl adjacent to an activating group) is 1. The number of piperazine rings is 1. The zero-order valence-electron chi connectivity index (χ0n) is 12.0. The molecule has 0 saturated carbocycles. The molecule has 0 aliphatic carbocycles. The molecule has 1 aliphatic heterocycles. The number of urea groups is 1. The summed E-state index contributed by atoms with van der Waals surface area (Å²) < 4.78 is 0. The Bertz CT molecular complexity index is 437. The summed E-state index contributed by atoms with van der Waals surface area (Å²) in [6.07, 6.45) is 0. The molecule has 0 unspecified atom stereocenters. The van der Waals surface area contributed by atoms with Gasteiger partial charge >= 0.3 is 6.03 Å². The van der Waals surface area contributed by atoms with Crippen LogP contribution in [0.25, 0.3) is 0 Å². The van der Waals surface area contributed by atoms with Gasteiger partial charge in [0.2, 0.25) is 0 Å². The Hall–Kier alpha value is -1.55. The fourth-order valence-corrected chi connectivity index (χ4v) is 2.19. The molecule has 1 fully saturated rings. The molecule has 19 heavy (non-hydrogen) atoms. The van der Waals surface area contributed by atoms with Crippen molar-refractivity contribution in [3.8, 4) is 0 Å². The van der Waals surface area contributed by atoms with Crippen molar-refractivity contribution in [3.05, 3.63) is 29.8 Å². The molecule has 0 aromatic heterocycles. The van der Waals surface area contributed by atoms with Crippen LogP contribution < -0.4 is 5.32 Å². The van der Waals surface area contributed by atoms with E-state index in [2.05, 4.69) is 43.2 Å². The summed E-state index contributed by atoms with van der Waals surface area (Å²) in [5.74, 6) is 0.473. The maximum Gasteiger partial charge on any atom is 0.321 e. The molecular formula is C15H23N3O. The van der Waals surface area contributed by atoms with Gasteiger partial charge in [-0.25, -0.2) is 4.79 Å². The van der Waals surface area contributed by atoms with E-state index in [0.717, 1.165) is 31.9 Å². The molecule has 1 aliphatic rings. The zero-order chi connectivity index (χ0) is 13.8. The molecule has 1 N–H and O–H groups in total. The standard InChI is InChI=1S/C15H23N3O/c1-12(2)13-5-4-6-14(11-13)16-15(19)18-9-7-17(3)8-10-18/h4-6,11-12H,7-10H2,1-3H3,(H,16,19). The Balaban J connectivity index is 1.97. The highest BCUT2D eigenvalue weighted by Crippen LogP contribution is 2.18. The lowest BCUT2D eigenvalue weighted by Gasteiger charge is -2.32. The Morgan fingerprint density at radius 1 is 1.21 bits per heavy atom. The van der Waals surface area contributed by atoms with Crippen molar-refractivity contribution in [3.63, 3.8) is 0 Å². The number of carbonyl (C=O) groups is 1. The molecule has 0 bridgehead atoms. The molecule has 0 radical (unpaired) electrons. The molecule has 1 saturated heterocycles. The number of benzene rings is 1. The van der Waals surface area contributed by atoms with Gasteiger partial charge in [0.15, 0.2) is 0 Å². The van der Waals surface area contributed by atoms with Crippen molar-refractivity contribution in [2.45, 2.75) is 19.8 Å². The maximum atomic E-state index is 12.2. The Morgan fingerprint density at radius 2 is 1.89 bits per heavy atom. The Labute approximate surface area is 115 Å². The highest BCUT2D eigenvalue weighted by atomic mass is 16.2. The number of nitrogens with one attached hydrogen (secondary N) is 1. The van der Waals surface area contributed by atoms with Crippen molar-refractivity contribution < 1.29 is 4.79 Å². The minimum Gasteiger partial charge on any atom is -0.322 e. The SMILES string of the molecule is CC(C)c1cccc(NC(=O)N2CCN(C)CC2)c1. The molecule has 1 aromatic carbocycles. The monoisotopic (exact) mass is 261 g/mol. The zero-order valence-corrected chi connectivity index (χ0v) is 12.0. The summed E-state index contributed by atoms with van der Waals surface area (Å²) in [6.45, 7) is 7.79. The second-order valence-corrected chi connectivity index (χ2v) is 5.50. The summed E-state index contributed by atoms with van der Waals surface area (Å²) in [5.41, 5.74) is 2.13. The van der Waals surface area contributed by atoms with Crippen LogP contribution in [0, 0.1) is 0 Å². The second kappa shape index (κ2) is 6.06. The first-order chi connectivity index (χ1) is 9.06. The Kier molecular flexibility index (Phi) is 4.43. The number of hydrogen-bond acceptors (Lipinski definition) is 2. The third-order valence-electron chi connectivity index (χ3n) is 3.60. The number of rotatable bonds is 2. The van der Waals surface area contributed by atoms with E-state index < -0.39 is 0 Å². The summed E-state index contributed by atoms with van der Waals surface area (Å²) in [7, 11) is 2.08. The van der Waals surface area contributed by atoms with Crippen LogP contribution in [0.5, 0.6) is 0 Å². The van der Waals surface area contributed by atoms with E-state index in [9.17, 15) is 4.79 Å². The molecule has 0 spiro atoms. The fourth-order valence-electron chi connectivity index (χ4n) is 2.19. The van der Waals surface area contributed by atoms with Crippen LogP contribution in [0.1, 0.15) is 25.3 Å². The van der Waals surface area contributed by atoms with Gasteiger partial charge in [-0.1, -0.05) is 26.0 Å². The molecule has 0 atom stereocenters. The van der Waals surface area contributed by atoms with Gasteiger partial charge in [-0.2, -0.15) is 0 Å². The van der Waals surface area contributed by atoms with Crippen LogP contribution in [0.4, 0.5) is 10.5 Å². The van der Waals surface area contributed by atoms with Crippen LogP contribution in [-0.4, -0.2) is 49.1 Å². The summed E-state index contributed by atoms with van der Waals surface area (Å²) >= 11 is 0. The number of carbonyl (C=O) groups excluding carboxylic acids is 1. The van der Waals surface area contributed by atoms with E-state index in [1.54, 1.807) is 0 Å². The molecule has 1 aromatic rings. The number of anilines is 1. The first-order valence-electron chi connectivity index (χ1n) is 6.90. The van der Waals surface area contributed by atoms with Gasteiger partial charge < -0.3 is 15.1 Å². The fraction of sp³-hybridized carbons (Fsp3) is 0.533. The minimum absolute atomic E-state index is 0.00834. The minimum atomic E-state index is 0.00834. The second-order valence-electron chi connectivity index (χ2n) is 5.50. The predicted octanol–water partition coefficient (Wildman–Crippen LogP) is 2.59. The third-order valence-corrected chi connectivity index (χ3v) is 3.60. The van der Waals surface area contributed by atoms with Crippen LogP contribution in [0.3, 0.4) is 0 Å². The first-order valence-corrected chi connectivity index (χ1v) is 6.90. The maximum absolute atomic E-state index is 12.2. The van der Waals surface area contributed by atoms with Crippen LogP contribution in [0.2, 0.25) is 0 Å². The van der Waals surface area contributed by atoms with Crippen molar-refractivity contribution in [1.82, 2.24) is 9.80 Å². The van der Waals surface area contributed by atoms with Gasteiger partial charge in [0, 0.05) is 31.9 Å². The van der Waals surface area contributed by atoms with Gasteiger partial charge in [-0.05, 0) is 30.7 Å². The highest BCUT2D eigenvalue weighted by Gasteiger charge is 2.18. The van der Waals surface area contributed by atoms with E-state index in [4.69, 9.17) is 0 Å². The van der Waals surface area contributed by atoms with Crippen LogP contribution in [-0.2, 0) is 0 Å². The normalized spacial score (nSPS) is 16.7. The topological polar surface area (TPSA) is 35.6 Å². The molecule has 104 valence electrons. The summed E-state index contributed by atoms with van der Waals surface area (Å²) in [6, 6.07) is 8.10. The van der Waals surface area contributed by atoms with Crippen molar-refractivity contribution >= 4 is 11.7 Å². The largest absolute Gasteiger partial charge is 0.322 e. The first kappa shape index (κ1) is 13.9. The predicted molar refractivity (Wildman–Crippen MR) is 78.6 cm³/mol. The van der Waals surface area contributed by atoms with Gasteiger partial charge in [0.05, 0.1) is 0 Å². The lowest BCUT2D eigenvalue weighted by atomic mass is 10.0. The van der Waals surface area contributed by atoms with Gasteiger partial charge in [-0.15, -0.1) is 0 Å². The van der Waals surface area contributed by atoms with Crippen LogP contribution in [0.15, 0.2) is 24.3 Å². The van der Waals surface area contributed by atoms with E-state index >= 15 is 0 Å². The number of nitrogens with zero attached hydrogens (tertiary/aromatic N) is 2. The van der Waals surface area contributed by atoms with E-state index in [1.165, 1.54) is 5.56 Å². The van der Waals surface area contributed by atoms with Gasteiger partial charge in [0.1, 0.15) is 0 Å². The highest BCUT2D eigenvalue weighted by molar-refractivity contribution is 5.89. The quantitative estimate of drug-likeness (QED) is 0.888. The van der Waals surface area contributed by atoms with E-state index in [-0.39, 0.29) is 6.03 Å². The average Bonchev–Trinajstić information content (AvgIpc) is 2.39. The van der Waals surface area contributed by atoms with Crippen molar-refractivity contribution in [2.75, 3.05) is 38.5 Å². The van der Waals surface area contributed by atoms with Crippen molar-refractivity contribution in [2.24, 2.45) is 0 Å². The molecular weight excluding hydrogens is 238 g/mol. The lowest BCUT2D eigenvalue weighted by molar-refractivity contribution is 0.164. The summed E-state index contributed by atoms with van der Waals surface area (Å²) in [5, 5.41) is 2.99. The van der Waals surface area contributed by atoms with Gasteiger partial charge in [-0.3, -0.25) is 0 Å². The summed E-state index contributed by atoms with van der Waals surface area (Å²) in [4.78, 5) is 16.3. The molecule has 1 heterocycles. The number of amides is 2. The van der Waals surface area contributed by atoms with Crippen molar-refractivity contribution in [1.29, 1.82) is 0 Å². The average molecular weight is 261 g/mol. The molecule has 2 rings (SSSR count).